The van der Waals surface area contributed by atoms with Crippen LogP contribution in [0.3, 0.4) is 0 Å². The lowest BCUT2D eigenvalue weighted by Crippen LogP contribution is -2.33. The molecule has 0 atom stereocenters. The number of fused-ring (bicyclic) bond motifs is 1. The molecule has 0 bridgehead atoms. The second-order valence-electron chi connectivity index (χ2n) is 5.47. The van der Waals surface area contributed by atoms with Gasteiger partial charge in [0.2, 0.25) is 0 Å². The number of hydrogen-bond acceptors (Lipinski definition) is 4. The van der Waals surface area contributed by atoms with Crippen LogP contribution in [0.1, 0.15) is 42.0 Å². The van der Waals surface area contributed by atoms with Crippen LogP contribution < -0.4 is 0 Å². The molecule has 0 saturated carbocycles. The van der Waals surface area contributed by atoms with Gasteiger partial charge in [-0.05, 0) is 38.5 Å². The maximum Gasteiger partial charge on any atom is 0.356 e. The zero-order valence-corrected chi connectivity index (χ0v) is 12.0. The molecular weight excluding hydrogens is 270 g/mol. The number of aromatic carboxylic acids is 1. The van der Waals surface area contributed by atoms with Gasteiger partial charge in [0, 0.05) is 18.2 Å². The highest BCUT2D eigenvalue weighted by Crippen LogP contribution is 2.30. The first-order chi connectivity index (χ1) is 10.1. The van der Waals surface area contributed by atoms with Gasteiger partial charge >= 0.3 is 5.97 Å². The van der Waals surface area contributed by atoms with Crippen molar-refractivity contribution in [1.82, 2.24) is 14.3 Å². The molecule has 2 aromatic heterocycles. The van der Waals surface area contributed by atoms with Gasteiger partial charge in [-0.15, -0.1) is 0 Å². The van der Waals surface area contributed by atoms with E-state index in [-0.39, 0.29) is 17.4 Å². The first-order valence-electron chi connectivity index (χ1n) is 7.26. The van der Waals surface area contributed by atoms with Crippen LogP contribution in [0.25, 0.3) is 5.52 Å². The van der Waals surface area contributed by atoms with Crippen molar-refractivity contribution in [2.24, 2.45) is 0 Å². The van der Waals surface area contributed by atoms with Crippen molar-refractivity contribution in [3.05, 3.63) is 29.8 Å². The summed E-state index contributed by atoms with van der Waals surface area (Å²) in [5.74, 6) is 0.0451. The molecule has 1 saturated heterocycles. The predicted octanol–water partition coefficient (Wildman–Crippen LogP) is 1.94. The van der Waals surface area contributed by atoms with E-state index in [9.17, 15) is 15.0 Å². The smallest absolute Gasteiger partial charge is 0.356 e. The average Bonchev–Trinajstić information content (AvgIpc) is 2.86. The number of likely N-dealkylation sites (tertiary alicyclic amines) is 1. The molecular formula is C15H19N3O3. The molecule has 6 heteroatoms. The molecule has 0 radical (unpaired) electrons. The monoisotopic (exact) mass is 289 g/mol. The van der Waals surface area contributed by atoms with E-state index in [0.29, 0.717) is 5.52 Å². The van der Waals surface area contributed by atoms with Gasteiger partial charge in [0.05, 0.1) is 5.52 Å². The molecule has 112 valence electrons. The third-order valence-electron chi connectivity index (χ3n) is 4.26. The fourth-order valence-corrected chi connectivity index (χ4v) is 3.05. The molecule has 0 aromatic carbocycles. The third-order valence-corrected chi connectivity index (χ3v) is 4.26. The van der Waals surface area contributed by atoms with Gasteiger partial charge in [-0.3, -0.25) is 0 Å². The van der Waals surface area contributed by atoms with Gasteiger partial charge in [-0.2, -0.15) is 0 Å². The van der Waals surface area contributed by atoms with Crippen LogP contribution in [0.15, 0.2) is 18.3 Å². The van der Waals surface area contributed by atoms with Crippen molar-refractivity contribution >= 4 is 11.5 Å². The Morgan fingerprint density at radius 3 is 2.76 bits per heavy atom. The van der Waals surface area contributed by atoms with E-state index >= 15 is 0 Å². The van der Waals surface area contributed by atoms with E-state index in [0.717, 1.165) is 38.3 Å². The number of hydrogen-bond donors (Lipinski definition) is 2. The van der Waals surface area contributed by atoms with E-state index in [1.807, 2.05) is 0 Å². The quantitative estimate of drug-likeness (QED) is 0.903. The lowest BCUT2D eigenvalue weighted by Gasteiger charge is -2.30. The van der Waals surface area contributed by atoms with Crippen molar-refractivity contribution in [3.63, 3.8) is 0 Å². The van der Waals surface area contributed by atoms with Crippen LogP contribution >= 0.6 is 0 Å². The Kier molecular flexibility index (Phi) is 3.55. The molecule has 21 heavy (non-hydrogen) atoms. The summed E-state index contributed by atoms with van der Waals surface area (Å²) in [4.78, 5) is 18.1. The van der Waals surface area contributed by atoms with Gasteiger partial charge < -0.3 is 19.5 Å². The minimum Gasteiger partial charge on any atom is -0.508 e. The van der Waals surface area contributed by atoms with Gasteiger partial charge in [0.15, 0.2) is 5.69 Å². The van der Waals surface area contributed by atoms with E-state index < -0.39 is 5.97 Å². The molecule has 0 spiro atoms. The van der Waals surface area contributed by atoms with E-state index in [1.54, 1.807) is 16.7 Å². The fourth-order valence-electron chi connectivity index (χ4n) is 3.05. The summed E-state index contributed by atoms with van der Waals surface area (Å²) in [6.07, 6.45) is 3.66. The SMILES string of the molecule is CCN1CCC(c2nc(C(=O)O)c3cc(O)ccn23)CC1. The summed E-state index contributed by atoms with van der Waals surface area (Å²) in [5, 5.41) is 18.9. The summed E-state index contributed by atoms with van der Waals surface area (Å²) < 4.78 is 1.80. The normalized spacial score (nSPS) is 17.4. The summed E-state index contributed by atoms with van der Waals surface area (Å²) in [5.41, 5.74) is 0.467. The van der Waals surface area contributed by atoms with Crippen LogP contribution in [0.2, 0.25) is 0 Å². The van der Waals surface area contributed by atoms with Crippen LogP contribution in [-0.4, -0.2) is 50.1 Å². The lowest BCUT2D eigenvalue weighted by molar-refractivity contribution is 0.0693. The van der Waals surface area contributed by atoms with E-state index in [1.165, 1.54) is 6.07 Å². The maximum absolute atomic E-state index is 11.4. The number of aromatic nitrogens is 2. The van der Waals surface area contributed by atoms with Crippen LogP contribution in [-0.2, 0) is 0 Å². The topological polar surface area (TPSA) is 78.1 Å². The molecule has 1 aliphatic heterocycles. The van der Waals surface area contributed by atoms with Crippen molar-refractivity contribution in [2.75, 3.05) is 19.6 Å². The zero-order valence-electron chi connectivity index (χ0n) is 12.0. The highest BCUT2D eigenvalue weighted by atomic mass is 16.4. The molecule has 3 rings (SSSR count). The third kappa shape index (κ3) is 2.47. The lowest BCUT2D eigenvalue weighted by atomic mass is 9.96. The van der Waals surface area contributed by atoms with Gasteiger partial charge in [-0.25, -0.2) is 9.78 Å². The first-order valence-corrected chi connectivity index (χ1v) is 7.26. The Bertz CT molecular complexity index is 672. The van der Waals surface area contributed by atoms with Crippen molar-refractivity contribution < 1.29 is 15.0 Å². The Balaban J connectivity index is 2.01. The Labute approximate surface area is 122 Å². The summed E-state index contributed by atoms with van der Waals surface area (Å²) in [7, 11) is 0. The zero-order chi connectivity index (χ0) is 15.0. The van der Waals surface area contributed by atoms with Crippen LogP contribution in [0, 0.1) is 0 Å². The standard InChI is InChI=1S/C15H19N3O3/c1-2-17-6-3-10(4-7-17)14-16-13(15(20)21)12-9-11(19)5-8-18(12)14/h5,8-10,19H,2-4,6-7H2,1H3,(H,20,21). The second kappa shape index (κ2) is 5.37. The number of nitrogens with zero attached hydrogens (tertiary/aromatic N) is 3. The number of pyridine rings is 1. The van der Waals surface area contributed by atoms with Crippen LogP contribution in [0.5, 0.6) is 5.75 Å². The molecule has 0 unspecified atom stereocenters. The minimum atomic E-state index is -1.06. The summed E-state index contributed by atoms with van der Waals surface area (Å²) >= 11 is 0. The molecule has 3 heterocycles. The van der Waals surface area contributed by atoms with Crippen LogP contribution in [0.4, 0.5) is 0 Å². The molecule has 1 aliphatic rings. The minimum absolute atomic E-state index is 0.0128. The van der Waals surface area contributed by atoms with Crippen molar-refractivity contribution in [1.29, 1.82) is 0 Å². The maximum atomic E-state index is 11.4. The van der Waals surface area contributed by atoms with Gasteiger partial charge in [0.25, 0.3) is 0 Å². The highest BCUT2D eigenvalue weighted by molar-refractivity contribution is 5.94. The molecule has 0 aliphatic carbocycles. The Morgan fingerprint density at radius 2 is 2.14 bits per heavy atom. The molecule has 0 amide bonds. The number of carboxylic acid groups (broad SMARTS) is 1. The van der Waals surface area contributed by atoms with Gasteiger partial charge in [-0.1, -0.05) is 6.92 Å². The number of aromatic hydroxyl groups is 1. The summed E-state index contributed by atoms with van der Waals surface area (Å²) in [6.45, 7) is 5.22. The number of carboxylic acids is 1. The van der Waals surface area contributed by atoms with E-state index in [2.05, 4.69) is 16.8 Å². The largest absolute Gasteiger partial charge is 0.508 e. The predicted molar refractivity (Wildman–Crippen MR) is 77.9 cm³/mol. The Hall–Kier alpha value is -2.08. The number of piperidine rings is 1. The molecule has 2 aromatic rings. The molecule has 1 fully saturated rings. The van der Waals surface area contributed by atoms with Gasteiger partial charge in [0.1, 0.15) is 11.6 Å². The highest BCUT2D eigenvalue weighted by Gasteiger charge is 2.26. The Morgan fingerprint density at radius 1 is 1.43 bits per heavy atom. The summed E-state index contributed by atoms with van der Waals surface area (Å²) in [6, 6.07) is 3.02. The molecule has 6 nitrogen and oxygen atoms in total. The fraction of sp³-hybridized carbons (Fsp3) is 0.467. The second-order valence-corrected chi connectivity index (χ2v) is 5.47. The first kappa shape index (κ1) is 13.9. The number of rotatable bonds is 3. The average molecular weight is 289 g/mol. The van der Waals surface area contributed by atoms with Crippen molar-refractivity contribution in [3.8, 4) is 5.75 Å². The van der Waals surface area contributed by atoms with E-state index in [4.69, 9.17) is 0 Å². The number of imidazole rings is 1. The number of carbonyl (C=O) groups is 1. The van der Waals surface area contributed by atoms with Crippen molar-refractivity contribution in [2.45, 2.75) is 25.7 Å². The molecule has 2 N–H and O–H groups in total.